The third-order valence-corrected chi connectivity index (χ3v) is 9.15. The molecule has 6 nitrogen and oxygen atoms in total. The Hall–Kier alpha value is -2.25. The lowest BCUT2D eigenvalue weighted by Gasteiger charge is -2.53. The Labute approximate surface area is 207 Å². The molecule has 0 aromatic carbocycles. The number of fused-ring (bicyclic) bond motifs is 2. The van der Waals surface area contributed by atoms with Crippen LogP contribution in [-0.4, -0.2) is 52.1 Å². The van der Waals surface area contributed by atoms with Crippen molar-refractivity contribution < 1.29 is 9.90 Å². The standard InChI is InChI=1S/C27H38N4O2S/c1-6-15-31(5)25(33)17(2)20-10-12-27(4)16-21-23(18(3)22(27)24(20)32)30-26(34-21)29-14-11-19-9-7-8-13-28-19/h6-9,13,17-18,20,22,24,32H,1,10-12,14-16H2,2-5H3,(H,29,30)/t17-,18+,20-,22+,24-,27+/m0/s1. The van der Waals surface area contributed by atoms with E-state index in [1.807, 2.05) is 38.4 Å². The van der Waals surface area contributed by atoms with E-state index in [4.69, 9.17) is 4.98 Å². The van der Waals surface area contributed by atoms with Crippen molar-refractivity contribution >= 4 is 22.4 Å². The van der Waals surface area contributed by atoms with Crippen LogP contribution in [0.3, 0.4) is 0 Å². The highest BCUT2D eigenvalue weighted by Crippen LogP contribution is 2.57. The fourth-order valence-corrected chi connectivity index (χ4v) is 7.57. The number of carbonyl (C=O) groups excluding carboxylic acids is 1. The van der Waals surface area contributed by atoms with E-state index in [0.717, 1.165) is 48.7 Å². The molecule has 0 saturated heterocycles. The molecule has 1 amide bonds. The number of likely N-dealkylation sites (N-methyl/N-ethyl adjacent to an activating group) is 1. The number of anilines is 1. The smallest absolute Gasteiger partial charge is 0.225 e. The van der Waals surface area contributed by atoms with Gasteiger partial charge >= 0.3 is 0 Å². The van der Waals surface area contributed by atoms with Crippen molar-refractivity contribution in [3.05, 3.63) is 53.3 Å². The van der Waals surface area contributed by atoms with E-state index in [2.05, 4.69) is 30.7 Å². The molecule has 184 valence electrons. The van der Waals surface area contributed by atoms with Gasteiger partial charge in [-0.1, -0.05) is 32.9 Å². The molecule has 2 heterocycles. The largest absolute Gasteiger partial charge is 0.392 e. The molecular formula is C27H38N4O2S. The Morgan fingerprint density at radius 1 is 1.47 bits per heavy atom. The molecule has 1 saturated carbocycles. The van der Waals surface area contributed by atoms with Gasteiger partial charge in [-0.15, -0.1) is 17.9 Å². The first-order valence-corrected chi connectivity index (χ1v) is 13.2. The van der Waals surface area contributed by atoms with Crippen LogP contribution in [0.1, 0.15) is 55.8 Å². The zero-order valence-electron chi connectivity index (χ0n) is 20.8. The lowest BCUT2D eigenvalue weighted by Crippen LogP contribution is -2.53. The predicted octanol–water partition coefficient (Wildman–Crippen LogP) is 4.53. The van der Waals surface area contributed by atoms with Crippen LogP contribution in [0.5, 0.6) is 0 Å². The maximum Gasteiger partial charge on any atom is 0.225 e. The first-order chi connectivity index (χ1) is 16.2. The second kappa shape index (κ2) is 10.2. The maximum atomic E-state index is 12.9. The van der Waals surface area contributed by atoms with Crippen molar-refractivity contribution in [2.45, 2.75) is 58.5 Å². The molecule has 2 N–H and O–H groups in total. The Balaban J connectivity index is 1.47. The summed E-state index contributed by atoms with van der Waals surface area (Å²) in [5.41, 5.74) is 2.21. The molecule has 0 radical (unpaired) electrons. The Kier molecular flexibility index (Phi) is 7.43. The number of hydrogen-bond donors (Lipinski definition) is 2. The first kappa shape index (κ1) is 24.9. The average molecular weight is 483 g/mol. The molecule has 2 aromatic heterocycles. The van der Waals surface area contributed by atoms with Gasteiger partial charge in [0.2, 0.25) is 5.91 Å². The molecule has 4 rings (SSSR count). The summed E-state index contributed by atoms with van der Waals surface area (Å²) >= 11 is 1.76. The zero-order chi connectivity index (χ0) is 24.5. The van der Waals surface area contributed by atoms with Gasteiger partial charge in [0.05, 0.1) is 11.8 Å². The summed E-state index contributed by atoms with van der Waals surface area (Å²) in [5, 5.41) is 16.0. The molecule has 0 bridgehead atoms. The minimum Gasteiger partial charge on any atom is -0.392 e. The van der Waals surface area contributed by atoms with E-state index in [1.54, 1.807) is 22.3 Å². The minimum absolute atomic E-state index is 0.0237. The van der Waals surface area contributed by atoms with Crippen LogP contribution in [0, 0.1) is 23.2 Å². The molecule has 2 aliphatic rings. The van der Waals surface area contributed by atoms with Crippen molar-refractivity contribution in [2.24, 2.45) is 23.2 Å². The van der Waals surface area contributed by atoms with Gasteiger partial charge < -0.3 is 15.3 Å². The Morgan fingerprint density at radius 3 is 2.97 bits per heavy atom. The van der Waals surface area contributed by atoms with E-state index in [1.165, 1.54) is 4.88 Å². The minimum atomic E-state index is -0.514. The summed E-state index contributed by atoms with van der Waals surface area (Å²) in [4.78, 5) is 25.4. The van der Waals surface area contributed by atoms with Gasteiger partial charge in [-0.05, 0) is 48.6 Å². The lowest BCUT2D eigenvalue weighted by atomic mass is 9.53. The molecule has 2 aliphatic carbocycles. The van der Waals surface area contributed by atoms with Gasteiger partial charge in [-0.25, -0.2) is 4.98 Å². The van der Waals surface area contributed by atoms with Crippen LogP contribution in [0.25, 0.3) is 0 Å². The highest BCUT2D eigenvalue weighted by molar-refractivity contribution is 7.15. The number of pyridine rings is 1. The van der Waals surface area contributed by atoms with Crippen molar-refractivity contribution in [3.63, 3.8) is 0 Å². The number of amides is 1. The number of aromatic nitrogens is 2. The second-order valence-electron chi connectivity index (χ2n) is 10.5. The highest BCUT2D eigenvalue weighted by Gasteiger charge is 2.54. The summed E-state index contributed by atoms with van der Waals surface area (Å²) in [6.07, 6.45) is 6.75. The predicted molar refractivity (Wildman–Crippen MR) is 138 cm³/mol. The quantitative estimate of drug-likeness (QED) is 0.541. The topological polar surface area (TPSA) is 78.4 Å². The summed E-state index contributed by atoms with van der Waals surface area (Å²) in [6, 6.07) is 5.99. The lowest BCUT2D eigenvalue weighted by molar-refractivity contribution is -0.143. The van der Waals surface area contributed by atoms with Crippen molar-refractivity contribution in [1.82, 2.24) is 14.9 Å². The molecule has 2 aromatic rings. The number of nitrogens with one attached hydrogen (secondary N) is 1. The van der Waals surface area contributed by atoms with Gasteiger partial charge in [0.15, 0.2) is 5.13 Å². The molecule has 0 spiro atoms. The Bertz CT molecular complexity index is 1010. The molecule has 34 heavy (non-hydrogen) atoms. The number of carbonyl (C=O) groups is 1. The molecule has 0 aliphatic heterocycles. The molecular weight excluding hydrogens is 444 g/mol. The molecule has 6 atom stereocenters. The van der Waals surface area contributed by atoms with E-state index in [9.17, 15) is 9.90 Å². The van der Waals surface area contributed by atoms with Crippen LogP contribution in [-0.2, 0) is 17.6 Å². The van der Waals surface area contributed by atoms with Crippen LogP contribution >= 0.6 is 11.3 Å². The van der Waals surface area contributed by atoms with Gasteiger partial charge in [0.1, 0.15) is 0 Å². The average Bonchev–Trinajstić information content (AvgIpc) is 3.21. The molecule has 1 fully saturated rings. The summed E-state index contributed by atoms with van der Waals surface area (Å²) < 4.78 is 0. The number of nitrogens with zero attached hydrogens (tertiary/aromatic N) is 3. The third-order valence-electron chi connectivity index (χ3n) is 8.12. The Morgan fingerprint density at radius 2 is 2.26 bits per heavy atom. The fourth-order valence-electron chi connectivity index (χ4n) is 6.28. The number of aliphatic hydroxyl groups excluding tert-OH is 1. The number of thiazole rings is 1. The van der Waals surface area contributed by atoms with Gasteiger partial charge in [-0.3, -0.25) is 9.78 Å². The monoisotopic (exact) mass is 482 g/mol. The van der Waals surface area contributed by atoms with E-state index in [-0.39, 0.29) is 35.0 Å². The normalized spacial score (nSPS) is 29.0. The SMILES string of the molecule is C=CCN(C)C(=O)[C@@H](C)[C@@H]1CC[C@]2(C)Cc3sc(NCCc4ccccn4)nc3[C@H](C)[C@@H]2[C@H]1O. The van der Waals surface area contributed by atoms with Gasteiger partial charge in [0, 0.05) is 55.2 Å². The van der Waals surface area contributed by atoms with Gasteiger partial charge in [-0.2, -0.15) is 0 Å². The zero-order valence-corrected chi connectivity index (χ0v) is 21.6. The van der Waals surface area contributed by atoms with E-state index in [0.29, 0.717) is 6.54 Å². The van der Waals surface area contributed by atoms with Crippen LogP contribution in [0.15, 0.2) is 37.1 Å². The summed E-state index contributed by atoms with van der Waals surface area (Å²) in [5.74, 6) is 0.100. The number of rotatable bonds is 8. The molecule has 0 unspecified atom stereocenters. The number of hydrogen-bond acceptors (Lipinski definition) is 6. The van der Waals surface area contributed by atoms with Crippen LogP contribution < -0.4 is 5.32 Å². The van der Waals surface area contributed by atoms with E-state index < -0.39 is 6.10 Å². The van der Waals surface area contributed by atoms with Crippen LogP contribution in [0.4, 0.5) is 5.13 Å². The third kappa shape index (κ3) is 4.78. The number of aliphatic hydroxyl groups is 1. The van der Waals surface area contributed by atoms with Crippen molar-refractivity contribution in [2.75, 3.05) is 25.5 Å². The fraction of sp³-hybridized carbons (Fsp3) is 0.593. The summed E-state index contributed by atoms with van der Waals surface area (Å²) in [7, 11) is 1.81. The second-order valence-corrected chi connectivity index (χ2v) is 11.5. The van der Waals surface area contributed by atoms with Crippen molar-refractivity contribution in [1.29, 1.82) is 0 Å². The first-order valence-electron chi connectivity index (χ1n) is 12.4. The maximum absolute atomic E-state index is 12.9. The summed E-state index contributed by atoms with van der Waals surface area (Å²) in [6.45, 7) is 11.6. The van der Waals surface area contributed by atoms with Crippen molar-refractivity contribution in [3.8, 4) is 0 Å². The molecule has 7 heteroatoms. The van der Waals surface area contributed by atoms with Gasteiger partial charge in [0.25, 0.3) is 0 Å². The van der Waals surface area contributed by atoms with Crippen LogP contribution in [0.2, 0.25) is 0 Å². The highest BCUT2D eigenvalue weighted by atomic mass is 32.1. The van der Waals surface area contributed by atoms with E-state index >= 15 is 0 Å².